The van der Waals surface area contributed by atoms with Crippen molar-refractivity contribution in [2.75, 3.05) is 19.9 Å². The van der Waals surface area contributed by atoms with Gasteiger partial charge in [0.1, 0.15) is 5.75 Å². The minimum Gasteiger partial charge on any atom is -0.497 e. The van der Waals surface area contributed by atoms with Gasteiger partial charge in [0.2, 0.25) is 5.91 Å². The molecule has 134 valence electrons. The number of hydrogen-bond donors (Lipinski definition) is 1. The number of hydrogen-bond acceptors (Lipinski definition) is 4. The second-order valence-electron chi connectivity index (χ2n) is 5.74. The summed E-state index contributed by atoms with van der Waals surface area (Å²) in [4.78, 5) is 16.2. The maximum Gasteiger partial charge on any atom is 0.230 e. The van der Waals surface area contributed by atoms with Gasteiger partial charge in [-0.2, -0.15) is 0 Å². The van der Waals surface area contributed by atoms with E-state index in [1.165, 1.54) is 11.8 Å². The lowest BCUT2D eigenvalue weighted by Gasteiger charge is -2.14. The Kier molecular flexibility index (Phi) is 5.63. The lowest BCUT2D eigenvalue weighted by molar-refractivity contribution is -0.118. The van der Waals surface area contributed by atoms with E-state index in [0.717, 1.165) is 33.4 Å². The van der Waals surface area contributed by atoms with Crippen molar-refractivity contribution in [3.63, 3.8) is 0 Å². The molecule has 0 atom stereocenters. The van der Waals surface area contributed by atoms with E-state index in [2.05, 4.69) is 33.9 Å². The molecular formula is C20H21N3O2S. The Hall–Kier alpha value is -2.73. The van der Waals surface area contributed by atoms with E-state index in [0.29, 0.717) is 5.75 Å². The molecule has 3 rings (SSSR count). The molecule has 6 heteroatoms. The molecule has 0 radical (unpaired) electrons. The molecule has 0 saturated carbocycles. The zero-order valence-corrected chi connectivity index (χ0v) is 15.8. The number of para-hydroxylation sites is 1. The Balaban J connectivity index is 2.08. The summed E-state index contributed by atoms with van der Waals surface area (Å²) < 4.78 is 7.35. The van der Waals surface area contributed by atoms with Crippen molar-refractivity contribution in [3.8, 4) is 22.7 Å². The van der Waals surface area contributed by atoms with Crippen LogP contribution in [0.1, 0.15) is 5.56 Å². The molecule has 1 heterocycles. The van der Waals surface area contributed by atoms with E-state index in [9.17, 15) is 4.79 Å². The number of amides is 1. The van der Waals surface area contributed by atoms with Crippen LogP contribution in [0.4, 0.5) is 0 Å². The SMILES string of the molecule is CNC(=O)CSc1ncc(-c2ccc(OC)cc2)n1-c1ccccc1C. The summed E-state index contributed by atoms with van der Waals surface area (Å²) in [6.07, 6.45) is 1.85. The van der Waals surface area contributed by atoms with Gasteiger partial charge in [0.15, 0.2) is 5.16 Å². The molecule has 0 unspecified atom stereocenters. The molecule has 1 amide bonds. The smallest absolute Gasteiger partial charge is 0.230 e. The second-order valence-corrected chi connectivity index (χ2v) is 6.68. The summed E-state index contributed by atoms with van der Waals surface area (Å²) in [5.41, 5.74) is 4.20. The molecular weight excluding hydrogens is 346 g/mol. The number of carbonyl (C=O) groups is 1. The van der Waals surface area contributed by atoms with Crippen LogP contribution in [0.25, 0.3) is 16.9 Å². The number of rotatable bonds is 6. The Morgan fingerprint density at radius 2 is 1.92 bits per heavy atom. The third-order valence-corrected chi connectivity index (χ3v) is 5.04. The minimum atomic E-state index is -0.0275. The van der Waals surface area contributed by atoms with Gasteiger partial charge in [-0.3, -0.25) is 9.36 Å². The van der Waals surface area contributed by atoms with Gasteiger partial charge in [-0.25, -0.2) is 4.98 Å². The lowest BCUT2D eigenvalue weighted by atomic mass is 10.1. The molecule has 0 fully saturated rings. The van der Waals surface area contributed by atoms with Crippen LogP contribution in [0.2, 0.25) is 0 Å². The van der Waals surface area contributed by atoms with Crippen LogP contribution in [-0.2, 0) is 4.79 Å². The van der Waals surface area contributed by atoms with Crippen LogP contribution < -0.4 is 10.1 Å². The van der Waals surface area contributed by atoms with Gasteiger partial charge in [0.05, 0.1) is 30.4 Å². The number of aryl methyl sites for hydroxylation is 1. The first-order valence-electron chi connectivity index (χ1n) is 8.25. The van der Waals surface area contributed by atoms with Crippen molar-refractivity contribution in [1.82, 2.24) is 14.9 Å². The van der Waals surface area contributed by atoms with Crippen LogP contribution in [0.15, 0.2) is 59.9 Å². The van der Waals surface area contributed by atoms with E-state index in [1.807, 2.05) is 42.6 Å². The maximum absolute atomic E-state index is 11.7. The fraction of sp³-hybridized carbons (Fsp3) is 0.200. The number of imidazole rings is 1. The van der Waals surface area contributed by atoms with E-state index in [-0.39, 0.29) is 5.91 Å². The molecule has 1 N–H and O–H groups in total. The molecule has 0 bridgehead atoms. The third-order valence-electron chi connectivity index (χ3n) is 4.08. The third kappa shape index (κ3) is 3.75. The minimum absolute atomic E-state index is 0.0275. The number of nitrogens with zero attached hydrogens (tertiary/aromatic N) is 2. The first-order valence-corrected chi connectivity index (χ1v) is 9.24. The zero-order valence-electron chi connectivity index (χ0n) is 15.0. The number of aromatic nitrogens is 2. The van der Waals surface area contributed by atoms with Gasteiger partial charge in [-0.15, -0.1) is 0 Å². The van der Waals surface area contributed by atoms with E-state index >= 15 is 0 Å². The van der Waals surface area contributed by atoms with Gasteiger partial charge in [-0.1, -0.05) is 30.0 Å². The highest BCUT2D eigenvalue weighted by atomic mass is 32.2. The molecule has 0 saturated heterocycles. The van der Waals surface area contributed by atoms with Gasteiger partial charge in [-0.05, 0) is 42.8 Å². The fourth-order valence-electron chi connectivity index (χ4n) is 2.65. The lowest BCUT2D eigenvalue weighted by Crippen LogP contribution is -2.20. The van der Waals surface area contributed by atoms with Gasteiger partial charge >= 0.3 is 0 Å². The average molecular weight is 367 g/mol. The highest BCUT2D eigenvalue weighted by Crippen LogP contribution is 2.31. The van der Waals surface area contributed by atoms with Crippen LogP contribution in [-0.4, -0.2) is 35.4 Å². The normalized spacial score (nSPS) is 10.6. The Bertz CT molecular complexity index is 904. The highest BCUT2D eigenvalue weighted by molar-refractivity contribution is 7.99. The first-order chi connectivity index (χ1) is 12.6. The van der Waals surface area contributed by atoms with Crippen molar-refractivity contribution in [2.45, 2.75) is 12.1 Å². The average Bonchev–Trinajstić information content (AvgIpc) is 3.10. The highest BCUT2D eigenvalue weighted by Gasteiger charge is 2.16. The molecule has 26 heavy (non-hydrogen) atoms. The van der Waals surface area contributed by atoms with Crippen molar-refractivity contribution in [3.05, 3.63) is 60.3 Å². The maximum atomic E-state index is 11.7. The van der Waals surface area contributed by atoms with Crippen molar-refractivity contribution < 1.29 is 9.53 Å². The van der Waals surface area contributed by atoms with Crippen molar-refractivity contribution in [2.24, 2.45) is 0 Å². The van der Waals surface area contributed by atoms with Crippen LogP contribution in [0, 0.1) is 6.92 Å². The Morgan fingerprint density at radius 1 is 1.19 bits per heavy atom. The summed E-state index contributed by atoms with van der Waals surface area (Å²) >= 11 is 1.42. The monoisotopic (exact) mass is 367 g/mol. The Morgan fingerprint density at radius 3 is 2.58 bits per heavy atom. The fourth-order valence-corrected chi connectivity index (χ4v) is 3.51. The molecule has 0 aliphatic heterocycles. The van der Waals surface area contributed by atoms with Crippen molar-refractivity contribution in [1.29, 1.82) is 0 Å². The predicted molar refractivity (Wildman–Crippen MR) is 105 cm³/mol. The summed E-state index contributed by atoms with van der Waals surface area (Å²) in [7, 11) is 3.29. The molecule has 0 spiro atoms. The topological polar surface area (TPSA) is 56.1 Å². The van der Waals surface area contributed by atoms with Crippen LogP contribution in [0.3, 0.4) is 0 Å². The summed E-state index contributed by atoms with van der Waals surface area (Å²) in [5, 5.41) is 3.43. The quantitative estimate of drug-likeness (QED) is 0.675. The molecule has 3 aromatic rings. The first kappa shape index (κ1) is 18.1. The molecule has 1 aromatic heterocycles. The number of ether oxygens (including phenoxy) is 1. The van der Waals surface area contributed by atoms with Crippen LogP contribution in [0.5, 0.6) is 5.75 Å². The zero-order chi connectivity index (χ0) is 18.5. The molecule has 0 aliphatic rings. The summed E-state index contributed by atoms with van der Waals surface area (Å²) in [5.74, 6) is 1.10. The van der Waals surface area contributed by atoms with E-state index in [1.54, 1.807) is 14.2 Å². The van der Waals surface area contributed by atoms with Gasteiger partial charge < -0.3 is 10.1 Å². The summed E-state index contributed by atoms with van der Waals surface area (Å²) in [6, 6.07) is 16.0. The van der Waals surface area contributed by atoms with Crippen molar-refractivity contribution >= 4 is 17.7 Å². The predicted octanol–water partition coefficient (Wildman–Crippen LogP) is 3.69. The van der Waals surface area contributed by atoms with E-state index in [4.69, 9.17) is 4.74 Å². The molecule has 2 aromatic carbocycles. The van der Waals surface area contributed by atoms with Gasteiger partial charge in [0.25, 0.3) is 0 Å². The number of benzene rings is 2. The number of methoxy groups -OCH3 is 1. The summed E-state index contributed by atoms with van der Waals surface area (Å²) in [6.45, 7) is 2.07. The number of nitrogens with one attached hydrogen (secondary N) is 1. The number of thioether (sulfide) groups is 1. The number of carbonyl (C=O) groups excluding carboxylic acids is 1. The standard InChI is InChI=1S/C20H21N3O2S/c1-14-6-4-5-7-17(14)23-18(15-8-10-16(25-3)11-9-15)12-22-20(23)26-13-19(24)21-2/h4-12H,13H2,1-3H3,(H,21,24). The molecule has 5 nitrogen and oxygen atoms in total. The van der Waals surface area contributed by atoms with Gasteiger partial charge in [0, 0.05) is 12.6 Å². The van der Waals surface area contributed by atoms with E-state index < -0.39 is 0 Å². The van der Waals surface area contributed by atoms with Crippen LogP contribution >= 0.6 is 11.8 Å². The largest absolute Gasteiger partial charge is 0.497 e. The second kappa shape index (κ2) is 8.10. The Labute approximate surface area is 157 Å². The molecule has 0 aliphatic carbocycles.